The fourth-order valence-corrected chi connectivity index (χ4v) is 7.94. The number of anilines is 1. The van der Waals surface area contributed by atoms with Gasteiger partial charge in [0.15, 0.2) is 0 Å². The van der Waals surface area contributed by atoms with Crippen molar-refractivity contribution < 1.29 is 24.3 Å². The number of unbranched alkanes of at least 4 members (excludes halogenated alkanes) is 1. The molecule has 0 saturated heterocycles. The molecule has 1 atom stereocenters. The van der Waals surface area contributed by atoms with Crippen molar-refractivity contribution in [2.45, 2.75) is 46.0 Å². The number of para-hydroxylation sites is 1. The topological polar surface area (TPSA) is 95.0 Å². The quantitative estimate of drug-likeness (QED) is 0.101. The van der Waals surface area contributed by atoms with E-state index in [0.717, 1.165) is 58.0 Å². The smallest absolute Gasteiger partial charge is 0.265 e. The molecular formula is C40H34N2O5. The number of carbonyl (C=O) groups excluding carboxylic acids is 4. The maximum atomic E-state index is 14.1. The third-order valence-electron chi connectivity index (χ3n) is 10.3. The molecule has 0 aromatic heterocycles. The maximum Gasteiger partial charge on any atom is 0.265 e. The lowest BCUT2D eigenvalue weighted by Crippen LogP contribution is -2.43. The third kappa shape index (κ3) is 4.09. The van der Waals surface area contributed by atoms with Crippen molar-refractivity contribution in [2.24, 2.45) is 5.92 Å². The fourth-order valence-electron chi connectivity index (χ4n) is 7.94. The van der Waals surface area contributed by atoms with Crippen LogP contribution in [-0.4, -0.2) is 46.8 Å². The number of fused-ring (bicyclic) bond motifs is 2. The van der Waals surface area contributed by atoms with E-state index in [4.69, 9.17) is 0 Å². The lowest BCUT2D eigenvalue weighted by Gasteiger charge is -2.31. The summed E-state index contributed by atoms with van der Waals surface area (Å²) in [6.07, 6.45) is 4.34. The minimum Gasteiger partial charge on any atom is -0.396 e. The number of hydrogen-bond acceptors (Lipinski definition) is 5. The molecule has 1 N–H and O–H groups in total. The predicted octanol–water partition coefficient (Wildman–Crippen LogP) is 7.89. The number of hydrogen-bond donors (Lipinski definition) is 1. The van der Waals surface area contributed by atoms with Gasteiger partial charge in [-0.05, 0) is 87.0 Å². The van der Waals surface area contributed by atoms with Gasteiger partial charge in [0.25, 0.3) is 23.6 Å². The summed E-state index contributed by atoms with van der Waals surface area (Å²) in [5.74, 6) is -1.07. The van der Waals surface area contributed by atoms with Crippen molar-refractivity contribution in [3.8, 4) is 0 Å². The number of carbonyl (C=O) groups is 4. The second kappa shape index (κ2) is 11.0. The highest BCUT2D eigenvalue weighted by Crippen LogP contribution is 2.46. The molecule has 0 fully saturated rings. The Morgan fingerprint density at radius 1 is 0.617 bits per heavy atom. The second-order valence-electron chi connectivity index (χ2n) is 12.8. The Bertz CT molecular complexity index is 2200. The Morgan fingerprint density at radius 2 is 1.11 bits per heavy atom. The van der Waals surface area contributed by atoms with Crippen LogP contribution in [0.25, 0.3) is 43.1 Å². The maximum absolute atomic E-state index is 14.1. The number of nitrogens with zero attached hydrogens (tertiary/aromatic N) is 2. The zero-order valence-corrected chi connectivity index (χ0v) is 26.4. The highest BCUT2D eigenvalue weighted by atomic mass is 16.3. The molecule has 0 aliphatic carbocycles. The van der Waals surface area contributed by atoms with Crippen LogP contribution in [0.15, 0.2) is 72.8 Å². The molecular weight excluding hydrogens is 588 g/mol. The molecule has 8 rings (SSSR count). The standard InChI is InChI=1S/C40H34N2O5/c1-3-5-8-22(4-2)21-41-37(44)28-15-11-24-26-13-17-30-36-31(40(47)42(39(30)46)32-10-7-6-9-23(32)19-20-43)18-14-27(34(26)36)25-12-16-29(38(41)45)35(28)33(24)25/h6-7,9-18,22,43H,3-5,8,19-21H2,1-2H3. The van der Waals surface area contributed by atoms with E-state index >= 15 is 0 Å². The van der Waals surface area contributed by atoms with Crippen molar-refractivity contribution in [1.82, 2.24) is 4.90 Å². The van der Waals surface area contributed by atoms with Gasteiger partial charge in [0.1, 0.15) is 0 Å². The molecule has 234 valence electrons. The van der Waals surface area contributed by atoms with Gasteiger partial charge in [0.05, 0.1) is 5.69 Å². The summed E-state index contributed by atoms with van der Waals surface area (Å²) in [4.78, 5) is 58.7. The largest absolute Gasteiger partial charge is 0.396 e. The summed E-state index contributed by atoms with van der Waals surface area (Å²) < 4.78 is 0. The first kappa shape index (κ1) is 29.3. The van der Waals surface area contributed by atoms with E-state index < -0.39 is 11.8 Å². The zero-order chi connectivity index (χ0) is 32.6. The second-order valence-corrected chi connectivity index (χ2v) is 12.8. The van der Waals surface area contributed by atoms with E-state index in [1.165, 1.54) is 9.80 Å². The number of imide groups is 2. The van der Waals surface area contributed by atoms with Gasteiger partial charge in [-0.25, -0.2) is 4.90 Å². The first-order valence-electron chi connectivity index (χ1n) is 16.5. The molecule has 0 bridgehead atoms. The van der Waals surface area contributed by atoms with Crippen molar-refractivity contribution in [1.29, 1.82) is 0 Å². The van der Waals surface area contributed by atoms with E-state index in [0.29, 0.717) is 57.2 Å². The summed E-state index contributed by atoms with van der Waals surface area (Å²) in [6.45, 7) is 4.57. The van der Waals surface area contributed by atoms with Gasteiger partial charge in [-0.15, -0.1) is 0 Å². The van der Waals surface area contributed by atoms with E-state index in [-0.39, 0.29) is 24.3 Å². The van der Waals surface area contributed by atoms with Crippen LogP contribution in [0.1, 0.15) is 86.5 Å². The van der Waals surface area contributed by atoms with Crippen LogP contribution >= 0.6 is 0 Å². The fraction of sp³-hybridized carbons (Fsp3) is 0.250. The molecule has 6 aromatic rings. The first-order chi connectivity index (χ1) is 22.9. The molecule has 0 saturated carbocycles. The van der Waals surface area contributed by atoms with Gasteiger partial charge in [-0.3, -0.25) is 24.1 Å². The van der Waals surface area contributed by atoms with E-state index in [2.05, 4.69) is 13.8 Å². The van der Waals surface area contributed by atoms with Crippen molar-refractivity contribution in [2.75, 3.05) is 18.1 Å². The molecule has 47 heavy (non-hydrogen) atoms. The zero-order valence-electron chi connectivity index (χ0n) is 26.4. The van der Waals surface area contributed by atoms with Gasteiger partial charge < -0.3 is 5.11 Å². The Morgan fingerprint density at radius 3 is 1.57 bits per heavy atom. The lowest BCUT2D eigenvalue weighted by molar-refractivity contribution is 0.0579. The van der Waals surface area contributed by atoms with E-state index in [1.807, 2.05) is 48.5 Å². The normalized spacial score (nSPS) is 15.3. The van der Waals surface area contributed by atoms with E-state index in [1.54, 1.807) is 24.3 Å². The van der Waals surface area contributed by atoms with Crippen molar-refractivity contribution in [3.05, 3.63) is 101 Å². The van der Waals surface area contributed by atoms with Crippen LogP contribution in [0, 0.1) is 5.92 Å². The summed E-state index contributed by atoms with van der Waals surface area (Å²) in [5.41, 5.74) is 3.11. The summed E-state index contributed by atoms with van der Waals surface area (Å²) >= 11 is 0. The average Bonchev–Trinajstić information content (AvgIpc) is 3.09. The molecule has 0 radical (unpaired) electrons. The molecule has 2 aliphatic heterocycles. The molecule has 7 heteroatoms. The van der Waals surface area contributed by atoms with Gasteiger partial charge >= 0.3 is 0 Å². The summed E-state index contributed by atoms with van der Waals surface area (Å²) in [7, 11) is 0. The van der Waals surface area contributed by atoms with Gasteiger partial charge in [-0.2, -0.15) is 0 Å². The molecule has 6 aromatic carbocycles. The number of amides is 4. The molecule has 0 spiro atoms. The van der Waals surface area contributed by atoms with Crippen LogP contribution in [0.5, 0.6) is 0 Å². The van der Waals surface area contributed by atoms with Crippen LogP contribution in [0.4, 0.5) is 5.69 Å². The molecule has 4 amide bonds. The van der Waals surface area contributed by atoms with Gasteiger partial charge in [0.2, 0.25) is 0 Å². The van der Waals surface area contributed by atoms with E-state index in [9.17, 15) is 24.3 Å². The Kier molecular flexibility index (Phi) is 6.84. The van der Waals surface area contributed by atoms with Crippen molar-refractivity contribution in [3.63, 3.8) is 0 Å². The lowest BCUT2D eigenvalue weighted by atomic mass is 9.82. The molecule has 1 unspecified atom stereocenters. The number of aliphatic hydroxyl groups is 1. The number of rotatable bonds is 9. The monoisotopic (exact) mass is 622 g/mol. The number of benzene rings is 6. The van der Waals surface area contributed by atoms with Gasteiger partial charge in [0, 0.05) is 46.2 Å². The minimum atomic E-state index is -0.409. The Balaban J connectivity index is 1.32. The Hall–Kier alpha value is -5.14. The van der Waals surface area contributed by atoms with Crippen LogP contribution in [0.2, 0.25) is 0 Å². The molecule has 2 heterocycles. The summed E-state index contributed by atoms with van der Waals surface area (Å²) in [6, 6.07) is 22.1. The average molecular weight is 623 g/mol. The van der Waals surface area contributed by atoms with Gasteiger partial charge in [-0.1, -0.05) is 75.6 Å². The highest BCUT2D eigenvalue weighted by Gasteiger charge is 2.38. The van der Waals surface area contributed by atoms with Crippen LogP contribution in [-0.2, 0) is 6.42 Å². The van der Waals surface area contributed by atoms with Crippen LogP contribution in [0.3, 0.4) is 0 Å². The predicted molar refractivity (Wildman–Crippen MR) is 185 cm³/mol. The Labute approximate surface area is 271 Å². The van der Waals surface area contributed by atoms with Crippen molar-refractivity contribution >= 4 is 72.4 Å². The summed E-state index contributed by atoms with van der Waals surface area (Å²) in [5, 5.41) is 16.0. The minimum absolute atomic E-state index is 0.103. The highest BCUT2D eigenvalue weighted by molar-refractivity contribution is 6.43. The third-order valence-corrected chi connectivity index (χ3v) is 10.3. The molecule has 2 aliphatic rings. The first-order valence-corrected chi connectivity index (χ1v) is 16.5. The SMILES string of the molecule is CCCCC(CC)CN1C(=O)c2ccc3c4ccc5c6c(ccc(c7ccc(c2c37)C1=O)c64)C(=O)N(c1ccccc1CCO)C5=O. The number of aliphatic hydroxyl groups excluding tert-OH is 1. The molecule has 7 nitrogen and oxygen atoms in total. The van der Waals surface area contributed by atoms with Crippen LogP contribution < -0.4 is 4.90 Å².